The summed E-state index contributed by atoms with van der Waals surface area (Å²) in [5.74, 6) is -8.95. The predicted octanol–water partition coefficient (Wildman–Crippen LogP) is -1.19. The monoisotopic (exact) mass is 1130 g/mol. The maximum absolute atomic E-state index is 15.0. The maximum Gasteiger partial charge on any atom is 0.245 e. The second kappa shape index (κ2) is 33.9. The number of hydrazine groups is 1. The van der Waals surface area contributed by atoms with E-state index in [4.69, 9.17) is 22.9 Å². The first-order chi connectivity index (χ1) is 37.5. The lowest BCUT2D eigenvalue weighted by Gasteiger charge is -2.35. The number of aliphatic hydroxyl groups excluding tert-OH is 1. The Morgan fingerprint density at radius 3 is 1.96 bits per heavy atom. The van der Waals surface area contributed by atoms with Gasteiger partial charge in [0.2, 0.25) is 58.8 Å². The highest BCUT2D eigenvalue weighted by Crippen LogP contribution is 2.25. The van der Waals surface area contributed by atoms with Crippen LogP contribution in [-0.2, 0) is 60.9 Å². The summed E-state index contributed by atoms with van der Waals surface area (Å²) < 4.78 is 1.67. The summed E-state index contributed by atoms with van der Waals surface area (Å²) in [6.07, 6.45) is 4.69. The van der Waals surface area contributed by atoms with Gasteiger partial charge in [0.25, 0.3) is 0 Å². The third-order valence-corrected chi connectivity index (χ3v) is 14.2. The molecule has 0 unspecified atom stereocenters. The van der Waals surface area contributed by atoms with Crippen molar-refractivity contribution in [2.45, 2.75) is 220 Å². The Labute approximate surface area is 470 Å². The van der Waals surface area contributed by atoms with Gasteiger partial charge < -0.3 is 59.9 Å². The number of carbonyl (C=O) groups excluding carboxylic acids is 10. The van der Waals surface area contributed by atoms with Gasteiger partial charge >= 0.3 is 0 Å². The molecule has 1 aromatic heterocycles. The summed E-state index contributed by atoms with van der Waals surface area (Å²) in [7, 11) is 0. The molecule has 0 saturated heterocycles. The summed E-state index contributed by atoms with van der Waals surface area (Å²) >= 11 is 0. The van der Waals surface area contributed by atoms with Crippen LogP contribution >= 0.6 is 0 Å². The highest BCUT2D eigenvalue weighted by molar-refractivity contribution is 6.41. The smallest absolute Gasteiger partial charge is 0.245 e. The largest absolute Gasteiger partial charge is 0.394 e. The molecule has 1 aliphatic heterocycles. The summed E-state index contributed by atoms with van der Waals surface area (Å²) in [5.41, 5.74) is 25.7. The van der Waals surface area contributed by atoms with Crippen molar-refractivity contribution in [3.05, 3.63) is 11.9 Å². The molecule has 27 heteroatoms. The fourth-order valence-corrected chi connectivity index (χ4v) is 8.95. The second-order valence-corrected chi connectivity index (χ2v) is 22.7. The fourth-order valence-electron chi connectivity index (χ4n) is 8.95. The van der Waals surface area contributed by atoms with Crippen LogP contribution in [0.2, 0.25) is 0 Å². The zero-order valence-corrected chi connectivity index (χ0v) is 48.7. The zero-order valence-electron chi connectivity index (χ0n) is 48.7. The van der Waals surface area contributed by atoms with Crippen molar-refractivity contribution in [3.8, 4) is 0 Å². The Balaban J connectivity index is 2.63. The predicted molar refractivity (Wildman–Crippen MR) is 299 cm³/mol. The minimum Gasteiger partial charge on any atom is -0.394 e. The number of aliphatic imine (C=N–C) groups is 1. The molecule has 9 atom stereocenters. The number of nitrogens with zero attached hydrogens (tertiary/aromatic N) is 4. The number of hydrogen-bond acceptors (Lipinski definition) is 16. The lowest BCUT2D eigenvalue weighted by Crippen LogP contribution is -2.66. The van der Waals surface area contributed by atoms with Crippen LogP contribution in [0.4, 0.5) is 0 Å². The van der Waals surface area contributed by atoms with Gasteiger partial charge in [0.15, 0.2) is 5.96 Å². The molecule has 0 fully saturated rings. The third kappa shape index (κ3) is 23.2. The fraction of sp³-hybridized carbons (Fsp3) is 0.755. The number of Topliss-reactive ketones (excluding diaryl/α,β-unsaturated/α-hetero) is 2. The number of rotatable bonds is 26. The lowest BCUT2D eigenvalue weighted by atomic mass is 9.85. The Kier molecular flexibility index (Phi) is 29.4. The summed E-state index contributed by atoms with van der Waals surface area (Å²) in [5, 5.41) is 34.8. The molecule has 17 N–H and O–H groups in total. The first-order valence-electron chi connectivity index (χ1n) is 28.1. The molecule has 80 heavy (non-hydrogen) atoms. The molecule has 452 valence electrons. The Morgan fingerprint density at radius 2 is 1.38 bits per heavy atom. The van der Waals surface area contributed by atoms with Crippen LogP contribution in [-0.4, -0.2) is 146 Å². The average molecular weight is 1130 g/mol. The molecule has 27 nitrogen and oxygen atoms in total. The third-order valence-electron chi connectivity index (χ3n) is 14.2. The van der Waals surface area contributed by atoms with E-state index < -0.39 is 119 Å². The minimum atomic E-state index is -1.71. The minimum absolute atomic E-state index is 0.000149. The topological polar surface area (TPSA) is 434 Å². The number of aliphatic hydroxyl groups is 1. The number of carbonyl (C=O) groups is 10. The molecule has 2 rings (SSSR count). The molecule has 0 aliphatic carbocycles. The van der Waals surface area contributed by atoms with Crippen molar-refractivity contribution in [2.24, 2.45) is 51.1 Å². The van der Waals surface area contributed by atoms with Gasteiger partial charge in [0.1, 0.15) is 35.7 Å². The number of aromatic nitrogens is 3. The molecule has 8 amide bonds. The lowest BCUT2D eigenvalue weighted by molar-refractivity contribution is -0.141. The number of nitrogens with one attached hydrogen (secondary N) is 8. The van der Waals surface area contributed by atoms with Gasteiger partial charge in [-0.25, -0.2) is 15.5 Å². The van der Waals surface area contributed by atoms with Crippen LogP contribution in [0.25, 0.3) is 0 Å². The number of fused-ring (bicyclic) bond motifs is 1. The maximum atomic E-state index is 15.0. The second-order valence-electron chi connectivity index (χ2n) is 22.7. The Hall–Kier alpha value is -6.61. The summed E-state index contributed by atoms with van der Waals surface area (Å²) in [6, 6.07) is -9.20. The number of hydrogen-bond donors (Lipinski definition) is 13. The molecular weight excluding hydrogens is 1040 g/mol. The van der Waals surface area contributed by atoms with Crippen LogP contribution in [0.5, 0.6) is 0 Å². The van der Waals surface area contributed by atoms with Gasteiger partial charge in [0, 0.05) is 24.9 Å². The average Bonchev–Trinajstić information content (AvgIpc) is 3.83. The number of aryl methyl sites for hydroxylation is 2. The highest BCUT2D eigenvalue weighted by atomic mass is 16.3. The number of guanidine groups is 1. The van der Waals surface area contributed by atoms with Crippen molar-refractivity contribution in [2.75, 3.05) is 13.2 Å². The number of unbranched alkanes of at least 4 members (excludes halogenated alkanes) is 1. The van der Waals surface area contributed by atoms with Crippen LogP contribution in [0, 0.1) is 23.2 Å². The molecule has 1 aromatic rings. The molecule has 2 heterocycles. The summed E-state index contributed by atoms with van der Waals surface area (Å²) in [6.45, 7) is 17.3. The van der Waals surface area contributed by atoms with Crippen LogP contribution in [0.15, 0.2) is 11.2 Å². The van der Waals surface area contributed by atoms with Crippen molar-refractivity contribution < 1.29 is 53.1 Å². The van der Waals surface area contributed by atoms with Gasteiger partial charge in [0.05, 0.1) is 30.6 Å². The van der Waals surface area contributed by atoms with E-state index in [-0.39, 0.29) is 94.6 Å². The number of amides is 8. The first kappa shape index (κ1) is 69.5. The Bertz CT molecular complexity index is 2290. The van der Waals surface area contributed by atoms with Crippen LogP contribution in [0.3, 0.4) is 0 Å². The summed E-state index contributed by atoms with van der Waals surface area (Å²) in [4.78, 5) is 142. The molecule has 0 saturated carbocycles. The molecule has 0 bridgehead atoms. The molecule has 0 radical (unpaired) electrons. The van der Waals surface area contributed by atoms with Gasteiger partial charge in [-0.3, -0.25) is 52.9 Å². The quantitative estimate of drug-likeness (QED) is 0.0225. The van der Waals surface area contributed by atoms with E-state index in [2.05, 4.69) is 58.1 Å². The van der Waals surface area contributed by atoms with Gasteiger partial charge in [-0.2, -0.15) is 0 Å². The van der Waals surface area contributed by atoms with E-state index in [0.717, 1.165) is 5.69 Å². The molecule has 1 aliphatic rings. The van der Waals surface area contributed by atoms with Crippen molar-refractivity contribution in [1.29, 1.82) is 0 Å². The standard InChI is InChI=1S/C53H94N16O11/c1-11-13-18-36(45(75)63-39(29-70)47(77)60-35(44(55)74)19-15-24-58-51(56)57)61-48(78)41(32(7)12-2)65-50(80)53(10)23-16-25-69-33(28-59-68-69)17-14-22-52(8,9)49(79)64-38(27-31(5)6)46(76)62-37(26-30(3)4)43(73)42(72)34(66-67-53)20-21-40(54)71/h28,30-32,34-39,41,66-67,70H,11-27,29H2,1-10H3,(H2,54,71)(H2,55,74)(H,60,77)(H,61,78)(H,62,76)(H,63,75)(H,64,79)(H,65,80)(H4,56,57,58)/t32-,34-,35-,36-,37-,38-,39-,41-,53-/m0/s1. The van der Waals surface area contributed by atoms with E-state index in [1.165, 1.54) is 6.92 Å². The van der Waals surface area contributed by atoms with Crippen LogP contribution in [0.1, 0.15) is 165 Å². The van der Waals surface area contributed by atoms with Crippen molar-refractivity contribution >= 4 is 64.8 Å². The Morgan fingerprint density at radius 1 is 0.775 bits per heavy atom. The van der Waals surface area contributed by atoms with Gasteiger partial charge in [-0.15, -0.1) is 5.10 Å². The normalized spacial score (nSPS) is 21.7. The van der Waals surface area contributed by atoms with E-state index in [9.17, 15) is 53.1 Å². The molecule has 0 spiro atoms. The number of primary amides is 2. The van der Waals surface area contributed by atoms with Gasteiger partial charge in [-0.1, -0.05) is 86.8 Å². The molecule has 0 aromatic carbocycles. The zero-order chi connectivity index (χ0) is 60.5. The highest BCUT2D eigenvalue weighted by Gasteiger charge is 2.41. The van der Waals surface area contributed by atoms with Crippen molar-refractivity contribution in [1.82, 2.24) is 57.7 Å². The first-order valence-corrected chi connectivity index (χ1v) is 28.1. The SMILES string of the molecule is CCCC[C@H](NC(=O)[C@@H](NC(=O)[C@]1(C)CCCn2nncc2CCCC(C)(C)C(=O)N[C@@H](CC(C)C)C(=O)N[C@@H](CC(C)C)C(=O)C(=O)[C@H](CCC(N)=O)NN1)[C@@H](C)CC)C(=O)N[C@@H](CO)C(=O)N[C@@H](CCCN=C(N)N)C(N)=O. The van der Waals surface area contributed by atoms with E-state index in [1.54, 1.807) is 38.6 Å². The molecular formula is C53H94N16O11. The van der Waals surface area contributed by atoms with Crippen LogP contribution < -0.4 is 65.7 Å². The van der Waals surface area contributed by atoms with E-state index in [1.807, 2.05) is 34.6 Å². The van der Waals surface area contributed by atoms with E-state index in [0.29, 0.717) is 38.5 Å². The van der Waals surface area contributed by atoms with Gasteiger partial charge in [-0.05, 0) is 95.3 Å². The number of nitrogens with two attached hydrogens (primary N) is 4. The van der Waals surface area contributed by atoms with Crippen molar-refractivity contribution in [3.63, 3.8) is 0 Å². The number of ketones is 2. The van der Waals surface area contributed by atoms with E-state index >= 15 is 0 Å².